The highest BCUT2D eigenvalue weighted by atomic mass is 14.3. The highest BCUT2D eigenvalue weighted by molar-refractivity contribution is 4.76. The summed E-state index contributed by atoms with van der Waals surface area (Å²) in [5, 5.41) is 0. The second-order valence-electron chi connectivity index (χ2n) is 2.19. The number of rotatable bonds is 0. The van der Waals surface area contributed by atoms with E-state index in [9.17, 15) is 0 Å². The Balaban J connectivity index is 0. The first-order valence-corrected chi connectivity index (χ1v) is 4.30. The van der Waals surface area contributed by atoms with Crippen LogP contribution in [0.4, 0.5) is 0 Å². The summed E-state index contributed by atoms with van der Waals surface area (Å²) in [4.78, 5) is 0. The quantitative estimate of drug-likeness (QED) is 0.469. The Morgan fingerprint density at radius 2 is 0.889 bits per heavy atom. The summed E-state index contributed by atoms with van der Waals surface area (Å²) in [6.45, 7) is 12.6. The molecule has 0 aromatic heterocycles. The Kier molecular flexibility index (Phi) is 10.4. The second kappa shape index (κ2) is 8.00. The van der Waals surface area contributed by atoms with Crippen molar-refractivity contribution in [2.75, 3.05) is 0 Å². The van der Waals surface area contributed by atoms with Crippen molar-refractivity contribution in [3.63, 3.8) is 0 Å². The zero-order chi connectivity index (χ0) is 7.86. The van der Waals surface area contributed by atoms with Crippen LogP contribution in [0, 0.1) is 11.8 Å². The predicted octanol–water partition coefficient (Wildman–Crippen LogP) is 3.71. The standard InChI is InChI=1S/C5H10.2C2H6/c1-4-3-5(4)2;2*1-2/h4-5H,3H2,1-2H3;2*1-2H3. The van der Waals surface area contributed by atoms with Gasteiger partial charge < -0.3 is 0 Å². The molecule has 9 heavy (non-hydrogen) atoms. The lowest BCUT2D eigenvalue weighted by molar-refractivity contribution is 0.834. The fourth-order valence-electron chi connectivity index (χ4n) is 0.508. The predicted molar refractivity (Wildman–Crippen MR) is 45.6 cm³/mol. The molecule has 0 radical (unpaired) electrons. The summed E-state index contributed by atoms with van der Waals surface area (Å²) in [5.74, 6) is 2.10. The van der Waals surface area contributed by atoms with E-state index in [0.29, 0.717) is 0 Å². The molecule has 58 valence electrons. The first-order valence-electron chi connectivity index (χ1n) is 4.30. The molecule has 0 nitrogen and oxygen atoms in total. The zero-order valence-electron chi connectivity index (χ0n) is 7.86. The molecule has 1 saturated carbocycles. The first-order chi connectivity index (χ1) is 4.30. The van der Waals surface area contributed by atoms with Crippen LogP contribution >= 0.6 is 0 Å². The largest absolute Gasteiger partial charge is 0.0683 e. The van der Waals surface area contributed by atoms with Gasteiger partial charge in [-0.2, -0.15) is 0 Å². The van der Waals surface area contributed by atoms with Crippen molar-refractivity contribution in [3.05, 3.63) is 0 Å². The van der Waals surface area contributed by atoms with Crippen LogP contribution in [0.15, 0.2) is 0 Å². The lowest BCUT2D eigenvalue weighted by Gasteiger charge is -1.66. The van der Waals surface area contributed by atoms with Crippen LogP contribution in [0.3, 0.4) is 0 Å². The Morgan fingerprint density at radius 1 is 0.778 bits per heavy atom. The van der Waals surface area contributed by atoms with E-state index in [1.807, 2.05) is 27.7 Å². The van der Waals surface area contributed by atoms with Gasteiger partial charge in [-0.1, -0.05) is 41.5 Å². The normalized spacial score (nSPS) is 28.7. The van der Waals surface area contributed by atoms with Crippen LogP contribution in [-0.2, 0) is 0 Å². The Labute approximate surface area is 60.7 Å². The third kappa shape index (κ3) is 8.00. The van der Waals surface area contributed by atoms with E-state index in [1.165, 1.54) is 6.42 Å². The summed E-state index contributed by atoms with van der Waals surface area (Å²) in [6, 6.07) is 0. The molecule has 0 heteroatoms. The summed E-state index contributed by atoms with van der Waals surface area (Å²) in [5.41, 5.74) is 0. The van der Waals surface area contributed by atoms with Gasteiger partial charge in [-0.3, -0.25) is 0 Å². The van der Waals surface area contributed by atoms with Crippen molar-refractivity contribution in [2.24, 2.45) is 11.8 Å². The fourth-order valence-corrected chi connectivity index (χ4v) is 0.508. The van der Waals surface area contributed by atoms with Crippen molar-refractivity contribution >= 4 is 0 Å². The SMILES string of the molecule is CC.CC.CC1CC1C. The lowest BCUT2D eigenvalue weighted by atomic mass is 10.4. The molecule has 1 rings (SSSR count). The molecule has 0 amide bonds. The van der Waals surface area contributed by atoms with Gasteiger partial charge >= 0.3 is 0 Å². The summed E-state index contributed by atoms with van der Waals surface area (Å²) in [6.07, 6.45) is 1.47. The monoisotopic (exact) mass is 130 g/mol. The topological polar surface area (TPSA) is 0 Å². The molecule has 0 saturated heterocycles. The molecule has 1 fully saturated rings. The van der Waals surface area contributed by atoms with Crippen molar-refractivity contribution < 1.29 is 0 Å². The minimum absolute atomic E-state index is 1.05. The maximum Gasteiger partial charge on any atom is -0.0414 e. The Morgan fingerprint density at radius 3 is 0.889 bits per heavy atom. The third-order valence-corrected chi connectivity index (χ3v) is 1.51. The molecule has 2 unspecified atom stereocenters. The van der Waals surface area contributed by atoms with E-state index >= 15 is 0 Å². The van der Waals surface area contributed by atoms with Gasteiger partial charge in [-0.25, -0.2) is 0 Å². The van der Waals surface area contributed by atoms with Crippen molar-refractivity contribution in [2.45, 2.75) is 48.0 Å². The number of hydrogen-bond acceptors (Lipinski definition) is 0. The third-order valence-electron chi connectivity index (χ3n) is 1.51. The summed E-state index contributed by atoms with van der Waals surface area (Å²) in [7, 11) is 0. The van der Waals surface area contributed by atoms with E-state index < -0.39 is 0 Å². The van der Waals surface area contributed by atoms with E-state index in [2.05, 4.69) is 13.8 Å². The van der Waals surface area contributed by atoms with Gasteiger partial charge in [0, 0.05) is 0 Å². The summed E-state index contributed by atoms with van der Waals surface area (Å²) >= 11 is 0. The van der Waals surface area contributed by atoms with Crippen molar-refractivity contribution in [1.29, 1.82) is 0 Å². The second-order valence-corrected chi connectivity index (χ2v) is 2.19. The molecule has 0 aliphatic heterocycles. The maximum atomic E-state index is 2.30. The van der Waals surface area contributed by atoms with E-state index in [1.54, 1.807) is 0 Å². The average Bonchev–Trinajstić information content (AvgIpc) is 2.56. The van der Waals surface area contributed by atoms with Gasteiger partial charge in [-0.15, -0.1) is 0 Å². The van der Waals surface area contributed by atoms with Gasteiger partial charge in [0.05, 0.1) is 0 Å². The lowest BCUT2D eigenvalue weighted by Crippen LogP contribution is -1.58. The molecule has 0 aromatic carbocycles. The van der Waals surface area contributed by atoms with Crippen LogP contribution < -0.4 is 0 Å². The highest BCUT2D eigenvalue weighted by Gasteiger charge is 2.26. The average molecular weight is 130 g/mol. The van der Waals surface area contributed by atoms with Gasteiger partial charge in [-0.05, 0) is 18.3 Å². The maximum absolute atomic E-state index is 2.30. The number of hydrogen-bond donors (Lipinski definition) is 0. The smallest absolute Gasteiger partial charge is 0.0414 e. The molecule has 1 aliphatic carbocycles. The van der Waals surface area contributed by atoms with Crippen LogP contribution in [0.1, 0.15) is 48.0 Å². The molecule has 0 bridgehead atoms. The van der Waals surface area contributed by atoms with Gasteiger partial charge in [0.2, 0.25) is 0 Å². The minimum Gasteiger partial charge on any atom is -0.0683 e. The molecule has 0 aromatic rings. The van der Waals surface area contributed by atoms with Gasteiger partial charge in [0.25, 0.3) is 0 Å². The van der Waals surface area contributed by atoms with Crippen molar-refractivity contribution in [3.8, 4) is 0 Å². The Bertz CT molecular complexity index is 33.3. The van der Waals surface area contributed by atoms with E-state index in [-0.39, 0.29) is 0 Å². The molecule has 0 heterocycles. The molecule has 0 spiro atoms. The molecule has 2 atom stereocenters. The van der Waals surface area contributed by atoms with Crippen LogP contribution in [-0.4, -0.2) is 0 Å². The Hall–Kier alpha value is 0. The molecular weight excluding hydrogens is 108 g/mol. The highest BCUT2D eigenvalue weighted by Crippen LogP contribution is 2.36. The summed E-state index contributed by atoms with van der Waals surface area (Å²) < 4.78 is 0. The van der Waals surface area contributed by atoms with Crippen LogP contribution in [0.5, 0.6) is 0 Å². The van der Waals surface area contributed by atoms with E-state index in [4.69, 9.17) is 0 Å². The van der Waals surface area contributed by atoms with Crippen LogP contribution in [0.25, 0.3) is 0 Å². The van der Waals surface area contributed by atoms with Crippen molar-refractivity contribution in [1.82, 2.24) is 0 Å². The first kappa shape index (κ1) is 11.8. The molecule has 0 N–H and O–H groups in total. The minimum atomic E-state index is 1.05. The molecule has 1 aliphatic rings. The van der Waals surface area contributed by atoms with Gasteiger partial charge in [0.1, 0.15) is 0 Å². The molecular formula is C9H22. The van der Waals surface area contributed by atoms with E-state index in [0.717, 1.165) is 11.8 Å². The fraction of sp³-hybridized carbons (Fsp3) is 1.00. The van der Waals surface area contributed by atoms with Gasteiger partial charge in [0.15, 0.2) is 0 Å². The zero-order valence-corrected chi connectivity index (χ0v) is 7.86. The van der Waals surface area contributed by atoms with Crippen LogP contribution in [0.2, 0.25) is 0 Å².